The van der Waals surface area contributed by atoms with Gasteiger partial charge in [0.25, 0.3) is 0 Å². The fraction of sp³-hybridized carbons (Fsp3) is 0.429. The Bertz CT molecular complexity index is 4840. The Hall–Kier alpha value is -9.40. The van der Waals surface area contributed by atoms with Gasteiger partial charge in [0.2, 0.25) is 0 Å². The van der Waals surface area contributed by atoms with Crippen LogP contribution in [0.25, 0.3) is 32.3 Å². The number of para-hydroxylation sites is 4. The van der Waals surface area contributed by atoms with Gasteiger partial charge in [0.15, 0.2) is 0 Å². The average molecular weight is 1620 g/mol. The zero-order valence-electron chi connectivity index (χ0n) is 78.5. The predicted molar refractivity (Wildman–Crippen MR) is 514 cm³/mol. The SMILES string of the molecule is CC(C)c1cccc(C(C)C)c1N(c1c(C(C)C)cc(F)cc1C(C)C)c1cc(N(c2c(C(C)C)cccc2C(C)C)c2c(C(C)C)cc(F)cc2C(C)C)c2ccc3c(N(c4c(C(C)C)cccc4C(C)C)c4c(C(C)C)cc(F)cc4C(C)C)cc(N(c4c(C(C)C)cccc4C(C)C)c4c(C(C)C)cc(F)cc4C(C)C)c4ccc1c2c43. The van der Waals surface area contributed by atoms with E-state index in [1.165, 1.54) is 0 Å². The first-order valence-corrected chi connectivity index (χ1v) is 45.4. The van der Waals surface area contributed by atoms with Gasteiger partial charge in [-0.1, -0.05) is 319 Å². The van der Waals surface area contributed by atoms with E-state index < -0.39 is 0 Å². The molecule has 0 aliphatic carbocycles. The van der Waals surface area contributed by atoms with Crippen molar-refractivity contribution >= 4 is 101 Å². The van der Waals surface area contributed by atoms with Crippen molar-refractivity contribution in [3.05, 3.63) is 270 Å². The van der Waals surface area contributed by atoms with Crippen molar-refractivity contribution in [3.63, 3.8) is 0 Å². The van der Waals surface area contributed by atoms with Crippen LogP contribution in [-0.4, -0.2) is 0 Å². The molecule has 0 fully saturated rings. The molecule has 12 rings (SSSR count). The van der Waals surface area contributed by atoms with Crippen molar-refractivity contribution in [3.8, 4) is 0 Å². The van der Waals surface area contributed by atoms with Crippen LogP contribution in [0.5, 0.6) is 0 Å². The Morgan fingerprint density at radius 3 is 0.392 bits per heavy atom. The van der Waals surface area contributed by atoms with Crippen molar-refractivity contribution < 1.29 is 17.6 Å². The molecule has 0 radical (unpaired) electrons. The Balaban J connectivity index is 1.56. The van der Waals surface area contributed by atoms with Crippen molar-refractivity contribution in [2.45, 2.75) is 316 Å². The third-order valence-corrected chi connectivity index (χ3v) is 25.4. The third-order valence-electron chi connectivity index (χ3n) is 25.4. The summed E-state index contributed by atoms with van der Waals surface area (Å²) in [5, 5.41) is 5.88. The zero-order chi connectivity index (χ0) is 87.9. The first-order chi connectivity index (χ1) is 56.5. The molecule has 0 aliphatic rings. The van der Waals surface area contributed by atoms with Gasteiger partial charge in [-0.25, -0.2) is 17.6 Å². The molecule has 8 heteroatoms. The second-order valence-corrected chi connectivity index (χ2v) is 39.6. The molecule has 4 nitrogen and oxygen atoms in total. The van der Waals surface area contributed by atoms with Gasteiger partial charge in [0.05, 0.1) is 68.2 Å². The van der Waals surface area contributed by atoms with Crippen LogP contribution in [0.15, 0.2) is 158 Å². The number of benzene rings is 12. The summed E-state index contributed by atoms with van der Waals surface area (Å²) in [6, 6.07) is 56.4. The van der Waals surface area contributed by atoms with Crippen molar-refractivity contribution in [1.82, 2.24) is 0 Å². The normalized spacial score (nSPS) is 12.5. The van der Waals surface area contributed by atoms with Crippen molar-refractivity contribution in [1.29, 1.82) is 0 Å². The van der Waals surface area contributed by atoms with E-state index in [0.717, 1.165) is 190 Å². The Morgan fingerprint density at radius 2 is 0.275 bits per heavy atom. The van der Waals surface area contributed by atoms with Gasteiger partial charge in [-0.2, -0.15) is 0 Å². The molecule has 0 heterocycles. The van der Waals surface area contributed by atoms with Crippen LogP contribution < -0.4 is 19.6 Å². The average Bonchev–Trinajstić information content (AvgIpc) is 0.688. The second kappa shape index (κ2) is 35.6. The van der Waals surface area contributed by atoms with E-state index in [9.17, 15) is 0 Å². The molecule has 0 N–H and O–H groups in total. The molecule has 0 bridgehead atoms. The highest BCUT2D eigenvalue weighted by molar-refractivity contribution is 6.33. The maximum Gasteiger partial charge on any atom is 0.123 e. The Kier molecular flexibility index (Phi) is 26.6. The number of hydrogen-bond donors (Lipinski definition) is 0. The van der Waals surface area contributed by atoms with E-state index in [-0.39, 0.29) is 118 Å². The van der Waals surface area contributed by atoms with Crippen molar-refractivity contribution in [2.75, 3.05) is 19.6 Å². The van der Waals surface area contributed by atoms with Gasteiger partial charge < -0.3 is 19.6 Å². The molecule has 12 aromatic carbocycles. The highest BCUT2D eigenvalue weighted by Crippen LogP contribution is 2.62. The van der Waals surface area contributed by atoms with Crippen LogP contribution in [0.4, 0.5) is 85.8 Å². The first-order valence-electron chi connectivity index (χ1n) is 45.4. The Labute approximate surface area is 719 Å². The summed E-state index contributed by atoms with van der Waals surface area (Å²) in [4.78, 5) is 10.4. The summed E-state index contributed by atoms with van der Waals surface area (Å²) in [6.45, 7) is 72.2. The summed E-state index contributed by atoms with van der Waals surface area (Å²) >= 11 is 0. The van der Waals surface area contributed by atoms with Crippen LogP contribution in [0.3, 0.4) is 0 Å². The maximum atomic E-state index is 17.5. The van der Waals surface area contributed by atoms with Gasteiger partial charge in [-0.3, -0.25) is 0 Å². The fourth-order valence-corrected chi connectivity index (χ4v) is 19.3. The van der Waals surface area contributed by atoms with Crippen LogP contribution in [-0.2, 0) is 0 Å². The molecule has 0 atom stereocenters. The summed E-state index contributed by atoms with van der Waals surface area (Å²) < 4.78 is 70.1. The summed E-state index contributed by atoms with van der Waals surface area (Å²) in [6.07, 6.45) is 0. The van der Waals surface area contributed by atoms with E-state index in [1.54, 1.807) is 48.5 Å². The van der Waals surface area contributed by atoms with Gasteiger partial charge in [0.1, 0.15) is 23.3 Å². The number of nitrogens with zero attached hydrogens (tertiary/aromatic N) is 4. The summed E-state index contributed by atoms with van der Waals surface area (Å²) in [7, 11) is 0. The lowest BCUT2D eigenvalue weighted by atomic mass is 9.84. The minimum atomic E-state index is -0.280. The number of hydrogen-bond acceptors (Lipinski definition) is 4. The number of rotatable bonds is 28. The monoisotopic (exact) mass is 1620 g/mol. The lowest BCUT2D eigenvalue weighted by Gasteiger charge is -2.41. The Morgan fingerprint density at radius 1 is 0.158 bits per heavy atom. The predicted octanol–water partition coefficient (Wildman–Crippen LogP) is 37.0. The molecule has 634 valence electrons. The van der Waals surface area contributed by atoms with Crippen molar-refractivity contribution in [2.24, 2.45) is 0 Å². The smallest absolute Gasteiger partial charge is 0.123 e. The molecule has 0 spiro atoms. The fourth-order valence-electron chi connectivity index (χ4n) is 19.3. The molecule has 0 saturated heterocycles. The van der Waals surface area contributed by atoms with Crippen LogP contribution in [0.2, 0.25) is 0 Å². The molecule has 0 saturated carbocycles. The molecular formula is C112H138F4N4. The minimum Gasteiger partial charge on any atom is -0.309 e. The zero-order valence-corrected chi connectivity index (χ0v) is 78.5. The summed E-state index contributed by atoms with van der Waals surface area (Å²) in [5.74, 6) is -2.21. The molecule has 0 amide bonds. The van der Waals surface area contributed by atoms with E-state index in [1.807, 2.05) is 0 Å². The standard InChI is InChI=1S/C112H138F4N4/c1-59(2)79-37-33-38-80(60(3)4)105(79)117(109-91(67(17)18)49-75(113)50-92(109)68(19)20)99-57-100(118(106-81(61(5)6)39-34-40-82(106)62(7)8)110-93(69(21)22)51-76(114)52-94(110)70(23)24)88-47-48-90-102(120(108-85(65(13)14)43-36-44-86(108)66(15)16)112-97(73(29)30)55-78(116)56-98(112)74(31)32)58-101(89-46-45-87(99)103(88)104(89)90)119(107-83(63(9)10)41-35-42-84(107)64(11)12)111-95(71(25)26)53-77(115)54-96(111)72(27)28/h33-74H,1-32H3. The minimum absolute atomic E-state index is 0.0159. The van der Waals surface area contributed by atoms with E-state index in [2.05, 4.69) is 350 Å². The van der Waals surface area contributed by atoms with Crippen LogP contribution >= 0.6 is 0 Å². The molecule has 0 aromatic heterocycles. The largest absolute Gasteiger partial charge is 0.309 e. The van der Waals surface area contributed by atoms with Gasteiger partial charge in [-0.15, -0.1) is 0 Å². The van der Waals surface area contributed by atoms with Crippen LogP contribution in [0.1, 0.15) is 405 Å². The first kappa shape index (κ1) is 89.8. The van der Waals surface area contributed by atoms with Gasteiger partial charge in [-0.05, 0) is 244 Å². The number of halogens is 4. The number of anilines is 12. The van der Waals surface area contributed by atoms with E-state index >= 15 is 17.6 Å². The molecule has 120 heavy (non-hydrogen) atoms. The topological polar surface area (TPSA) is 13.0 Å². The highest BCUT2D eigenvalue weighted by Gasteiger charge is 2.40. The molecule has 0 unspecified atom stereocenters. The lowest BCUT2D eigenvalue weighted by molar-refractivity contribution is 0.618. The van der Waals surface area contributed by atoms with Gasteiger partial charge >= 0.3 is 0 Å². The van der Waals surface area contributed by atoms with E-state index in [0.29, 0.717) is 0 Å². The van der Waals surface area contributed by atoms with Gasteiger partial charge in [0, 0.05) is 32.3 Å². The summed E-state index contributed by atoms with van der Waals surface area (Å²) in [5.41, 5.74) is 27.9. The molecule has 0 aliphatic heterocycles. The third kappa shape index (κ3) is 16.4. The molecule has 12 aromatic rings. The highest BCUT2D eigenvalue weighted by atomic mass is 19.1. The lowest BCUT2D eigenvalue weighted by Crippen LogP contribution is -2.23. The van der Waals surface area contributed by atoms with E-state index in [4.69, 9.17) is 0 Å². The quantitative estimate of drug-likeness (QED) is 0.0358. The molecular weight excluding hydrogens is 1480 g/mol. The maximum absolute atomic E-state index is 17.5. The van der Waals surface area contributed by atoms with Crippen LogP contribution in [0, 0.1) is 23.3 Å². The second-order valence-electron chi connectivity index (χ2n) is 39.6.